The minimum atomic E-state index is -1.12. The van der Waals surface area contributed by atoms with Gasteiger partial charge in [-0.3, -0.25) is 5.32 Å². The average molecular weight is 395 g/mol. The van der Waals surface area contributed by atoms with Gasteiger partial charge in [0.05, 0.1) is 12.3 Å². The molecule has 29 heavy (non-hydrogen) atoms. The van der Waals surface area contributed by atoms with Crippen LogP contribution < -0.4 is 15.5 Å². The van der Waals surface area contributed by atoms with Gasteiger partial charge in [-0.15, -0.1) is 0 Å². The highest BCUT2D eigenvalue weighted by Gasteiger charge is 2.35. The number of amides is 1. The van der Waals surface area contributed by atoms with Gasteiger partial charge in [0.2, 0.25) is 0 Å². The Labute approximate surface area is 171 Å². The average Bonchev–Trinajstić information content (AvgIpc) is 2.91. The van der Waals surface area contributed by atoms with Gasteiger partial charge in [-0.25, -0.2) is 4.79 Å². The molecule has 152 valence electrons. The summed E-state index contributed by atoms with van der Waals surface area (Å²) in [6, 6.07) is 14.1. The molecule has 2 N–H and O–H groups in total. The van der Waals surface area contributed by atoms with Crippen LogP contribution >= 0.6 is 0 Å². The number of anilines is 1. The summed E-state index contributed by atoms with van der Waals surface area (Å²) in [4.78, 5) is 11.4. The zero-order valence-electron chi connectivity index (χ0n) is 16.8. The smallest absolute Gasteiger partial charge is 0.491 e. The monoisotopic (exact) mass is 395 g/mol. The van der Waals surface area contributed by atoms with E-state index in [1.165, 1.54) is 5.56 Å². The van der Waals surface area contributed by atoms with Gasteiger partial charge in [0, 0.05) is 30.1 Å². The van der Waals surface area contributed by atoms with E-state index >= 15 is 0 Å². The Bertz CT molecular complexity index is 876. The minimum Gasteiger partial charge on any atom is -0.491 e. The number of benzene rings is 2. The minimum absolute atomic E-state index is 0.0416. The third kappa shape index (κ3) is 4.41. The molecule has 0 radical (unpaired) electrons. The van der Waals surface area contributed by atoms with Crippen molar-refractivity contribution in [1.29, 1.82) is 0 Å². The molecule has 6 nitrogen and oxygen atoms in total. The van der Waals surface area contributed by atoms with Gasteiger partial charge in [0.1, 0.15) is 5.75 Å². The van der Waals surface area contributed by atoms with Crippen molar-refractivity contribution >= 4 is 24.4 Å². The first kappa shape index (κ1) is 19.8. The lowest BCUT2D eigenvalue weighted by Crippen LogP contribution is -2.47. The molecule has 0 saturated carbocycles. The Kier molecular flexibility index (Phi) is 5.52. The lowest BCUT2D eigenvalue weighted by molar-refractivity contribution is 0.0343. The van der Waals surface area contributed by atoms with Crippen molar-refractivity contribution in [3.8, 4) is 5.75 Å². The van der Waals surface area contributed by atoms with Gasteiger partial charge < -0.3 is 19.2 Å². The normalized spacial score (nSPS) is 20.9. The number of carbonyl (C=O) groups is 1. The summed E-state index contributed by atoms with van der Waals surface area (Å²) in [5.74, 6) is 0.710. The Hall–Kier alpha value is -2.51. The molecule has 2 aliphatic rings. The standard InChI is InChI=1S/C22H26BNO5/c1-22(2)13-28-23(29-14-22)16-11-18-17(15-7-4-3-5-8-15)9-6-10-27-20(18)19(12-16)24-21(25)26/h3-5,7-8,11-12,17,24H,6,9-10,13-14H2,1-2H3,(H,25,26). The zero-order valence-corrected chi connectivity index (χ0v) is 16.8. The van der Waals surface area contributed by atoms with Crippen LogP contribution in [0.1, 0.15) is 43.7 Å². The van der Waals surface area contributed by atoms with E-state index in [2.05, 4.69) is 31.3 Å². The van der Waals surface area contributed by atoms with Crippen molar-refractivity contribution in [2.24, 2.45) is 5.41 Å². The summed E-state index contributed by atoms with van der Waals surface area (Å²) in [5.41, 5.74) is 3.34. The van der Waals surface area contributed by atoms with E-state index < -0.39 is 13.2 Å². The fourth-order valence-corrected chi connectivity index (χ4v) is 3.97. The van der Waals surface area contributed by atoms with Crippen molar-refractivity contribution in [1.82, 2.24) is 0 Å². The van der Waals surface area contributed by atoms with E-state index in [1.54, 1.807) is 6.07 Å². The van der Waals surface area contributed by atoms with Crippen LogP contribution in [-0.2, 0) is 9.31 Å². The molecule has 1 atom stereocenters. The van der Waals surface area contributed by atoms with Crippen molar-refractivity contribution in [3.05, 3.63) is 53.6 Å². The molecule has 0 bridgehead atoms. The fourth-order valence-electron chi connectivity index (χ4n) is 3.97. The Morgan fingerprint density at radius 2 is 1.90 bits per heavy atom. The zero-order chi connectivity index (χ0) is 20.4. The van der Waals surface area contributed by atoms with Gasteiger partial charge >= 0.3 is 13.2 Å². The Balaban J connectivity index is 1.78. The predicted molar refractivity (Wildman–Crippen MR) is 112 cm³/mol. The quantitative estimate of drug-likeness (QED) is 0.773. The molecule has 2 heterocycles. The van der Waals surface area contributed by atoms with Crippen LogP contribution in [0.5, 0.6) is 5.75 Å². The predicted octanol–water partition coefficient (Wildman–Crippen LogP) is 3.85. The molecule has 2 aromatic rings. The van der Waals surface area contributed by atoms with Crippen LogP contribution in [0.15, 0.2) is 42.5 Å². The summed E-state index contributed by atoms with van der Waals surface area (Å²) >= 11 is 0. The van der Waals surface area contributed by atoms with Gasteiger partial charge in [-0.2, -0.15) is 0 Å². The molecule has 0 aliphatic carbocycles. The molecule has 1 saturated heterocycles. The summed E-state index contributed by atoms with van der Waals surface area (Å²) in [6.45, 7) is 5.90. The van der Waals surface area contributed by atoms with E-state index in [1.807, 2.05) is 24.3 Å². The highest BCUT2D eigenvalue weighted by atomic mass is 16.6. The van der Waals surface area contributed by atoms with Gasteiger partial charge in [-0.05, 0) is 29.9 Å². The van der Waals surface area contributed by atoms with Gasteiger partial charge in [0.15, 0.2) is 0 Å². The first-order valence-corrected chi connectivity index (χ1v) is 10.0. The molecular formula is C22H26BNO5. The van der Waals surface area contributed by atoms with Crippen molar-refractivity contribution in [3.63, 3.8) is 0 Å². The Morgan fingerprint density at radius 3 is 2.59 bits per heavy atom. The first-order chi connectivity index (χ1) is 13.9. The first-order valence-electron chi connectivity index (χ1n) is 10.0. The lowest BCUT2D eigenvalue weighted by atomic mass is 9.73. The third-order valence-corrected chi connectivity index (χ3v) is 5.37. The molecule has 2 aromatic carbocycles. The number of ether oxygens (including phenoxy) is 1. The molecule has 2 aliphatic heterocycles. The maximum atomic E-state index is 11.4. The van der Waals surface area contributed by atoms with Crippen LogP contribution in [0.4, 0.5) is 10.5 Å². The van der Waals surface area contributed by atoms with Crippen LogP contribution in [0, 0.1) is 5.41 Å². The van der Waals surface area contributed by atoms with Crippen LogP contribution in [-0.4, -0.2) is 38.1 Å². The summed E-state index contributed by atoms with van der Waals surface area (Å²) in [5, 5.41) is 11.9. The van der Waals surface area contributed by atoms with E-state index in [4.69, 9.17) is 14.0 Å². The largest absolute Gasteiger partial charge is 0.493 e. The van der Waals surface area contributed by atoms with Crippen molar-refractivity contribution < 1.29 is 23.9 Å². The maximum Gasteiger partial charge on any atom is 0.493 e. The molecule has 0 aromatic heterocycles. The second-order valence-corrected chi connectivity index (χ2v) is 8.49. The lowest BCUT2D eigenvalue weighted by Gasteiger charge is -2.33. The molecule has 0 spiro atoms. The fraction of sp³-hybridized carbons (Fsp3) is 0.409. The number of carboxylic acid groups (broad SMARTS) is 1. The second kappa shape index (κ2) is 8.09. The summed E-state index contributed by atoms with van der Waals surface area (Å²) in [7, 11) is -0.526. The number of hydrogen-bond acceptors (Lipinski definition) is 4. The SMILES string of the molecule is CC1(C)COB(c2cc(NC(=O)O)c3c(c2)C(c2ccccc2)CCCO3)OC1. The van der Waals surface area contributed by atoms with E-state index in [-0.39, 0.29) is 11.3 Å². The van der Waals surface area contributed by atoms with Crippen molar-refractivity contribution in [2.75, 3.05) is 25.1 Å². The highest BCUT2D eigenvalue weighted by molar-refractivity contribution is 6.61. The third-order valence-electron chi connectivity index (χ3n) is 5.37. The molecule has 1 unspecified atom stereocenters. The van der Waals surface area contributed by atoms with Crippen LogP contribution in [0.3, 0.4) is 0 Å². The van der Waals surface area contributed by atoms with E-state index in [9.17, 15) is 9.90 Å². The van der Waals surface area contributed by atoms with E-state index in [0.717, 1.165) is 23.9 Å². The highest BCUT2D eigenvalue weighted by Crippen LogP contribution is 2.41. The molecule has 7 heteroatoms. The summed E-state index contributed by atoms with van der Waals surface area (Å²) < 4.78 is 17.9. The van der Waals surface area contributed by atoms with E-state index in [0.29, 0.717) is 31.3 Å². The number of fused-ring (bicyclic) bond motifs is 1. The van der Waals surface area contributed by atoms with Crippen molar-refractivity contribution in [2.45, 2.75) is 32.6 Å². The van der Waals surface area contributed by atoms with Crippen LogP contribution in [0.25, 0.3) is 0 Å². The topological polar surface area (TPSA) is 77.0 Å². The summed E-state index contributed by atoms with van der Waals surface area (Å²) in [6.07, 6.45) is 0.688. The number of rotatable bonds is 3. The number of hydrogen-bond donors (Lipinski definition) is 2. The molecule has 1 amide bonds. The maximum absolute atomic E-state index is 11.4. The van der Waals surface area contributed by atoms with Crippen LogP contribution in [0.2, 0.25) is 0 Å². The Morgan fingerprint density at radius 1 is 1.17 bits per heavy atom. The van der Waals surface area contributed by atoms with Gasteiger partial charge in [-0.1, -0.05) is 50.2 Å². The second-order valence-electron chi connectivity index (χ2n) is 8.49. The molecule has 4 rings (SSSR count). The molecular weight excluding hydrogens is 369 g/mol. The number of nitrogens with one attached hydrogen (secondary N) is 1. The van der Waals surface area contributed by atoms with Gasteiger partial charge in [0.25, 0.3) is 0 Å². The molecule has 1 fully saturated rings.